The second kappa shape index (κ2) is 10.5. The molecule has 4 heterocycles. The first kappa shape index (κ1) is 24.8. The molecule has 9 heteroatoms. The lowest BCUT2D eigenvalue weighted by Crippen LogP contribution is -2.44. The number of rotatable bonds is 3. The molecule has 186 valence electrons. The lowest BCUT2D eigenvalue weighted by atomic mass is 10.0. The monoisotopic (exact) mass is 482 g/mol. The van der Waals surface area contributed by atoms with Crippen molar-refractivity contribution in [3.05, 3.63) is 58.9 Å². The summed E-state index contributed by atoms with van der Waals surface area (Å²) in [5, 5.41) is 4.43. The van der Waals surface area contributed by atoms with Gasteiger partial charge in [0.2, 0.25) is 0 Å². The molecular weight excluding hydrogens is 451 g/mol. The van der Waals surface area contributed by atoms with Crippen molar-refractivity contribution >= 4 is 11.6 Å². The van der Waals surface area contributed by atoms with Gasteiger partial charge in [-0.15, -0.1) is 0 Å². The second-order valence-corrected chi connectivity index (χ2v) is 8.68. The van der Waals surface area contributed by atoms with E-state index in [0.29, 0.717) is 17.8 Å². The Morgan fingerprint density at radius 1 is 1.06 bits per heavy atom. The van der Waals surface area contributed by atoms with Crippen LogP contribution < -0.4 is 9.64 Å². The first-order chi connectivity index (χ1) is 16.8. The van der Waals surface area contributed by atoms with E-state index in [9.17, 15) is 9.18 Å². The van der Waals surface area contributed by atoms with Crippen molar-refractivity contribution in [2.24, 2.45) is 7.05 Å². The number of fused-ring (bicyclic) bond motifs is 1. The third-order valence-electron chi connectivity index (χ3n) is 6.19. The SMILES string of the molecule is C1COCCO1.Cc1ccc(-c2cc(F)c3c(c2)N(Cc2c(C)nn(C)c2C)C(=O)[C@@H](C)O3)cn1. The summed E-state index contributed by atoms with van der Waals surface area (Å²) in [6.45, 7) is 10.8. The Bertz CT molecular complexity index is 1190. The summed E-state index contributed by atoms with van der Waals surface area (Å²) in [5.74, 6) is -0.610. The van der Waals surface area contributed by atoms with Crippen molar-refractivity contribution in [3.63, 3.8) is 0 Å². The fourth-order valence-corrected chi connectivity index (χ4v) is 4.07. The van der Waals surface area contributed by atoms with Gasteiger partial charge in [0.25, 0.3) is 5.91 Å². The molecule has 8 nitrogen and oxygen atoms in total. The number of benzene rings is 1. The summed E-state index contributed by atoms with van der Waals surface area (Å²) in [6.07, 6.45) is 0.936. The zero-order valence-corrected chi connectivity index (χ0v) is 20.8. The summed E-state index contributed by atoms with van der Waals surface area (Å²) in [5.41, 5.74) is 5.48. The first-order valence-electron chi connectivity index (χ1n) is 11.7. The maximum absolute atomic E-state index is 15.0. The predicted molar refractivity (Wildman–Crippen MR) is 130 cm³/mol. The minimum atomic E-state index is -0.763. The van der Waals surface area contributed by atoms with E-state index in [1.54, 1.807) is 28.8 Å². The van der Waals surface area contributed by atoms with Crippen LogP contribution in [0.2, 0.25) is 0 Å². The number of hydrogen-bond acceptors (Lipinski definition) is 6. The van der Waals surface area contributed by atoms with Gasteiger partial charge < -0.3 is 19.1 Å². The lowest BCUT2D eigenvalue weighted by Gasteiger charge is -2.33. The summed E-state index contributed by atoms with van der Waals surface area (Å²) < 4.78 is 32.3. The Morgan fingerprint density at radius 3 is 2.29 bits per heavy atom. The van der Waals surface area contributed by atoms with E-state index in [1.807, 2.05) is 40.0 Å². The molecule has 2 aliphatic heterocycles. The molecule has 0 N–H and O–H groups in total. The van der Waals surface area contributed by atoms with E-state index >= 15 is 0 Å². The summed E-state index contributed by atoms with van der Waals surface area (Å²) in [4.78, 5) is 18.8. The first-order valence-corrected chi connectivity index (χ1v) is 11.7. The second-order valence-electron chi connectivity index (χ2n) is 8.68. The number of anilines is 1. The molecule has 1 atom stereocenters. The van der Waals surface area contributed by atoms with Gasteiger partial charge in [0, 0.05) is 35.8 Å². The van der Waals surface area contributed by atoms with Crippen LogP contribution in [0.15, 0.2) is 30.5 Å². The molecule has 35 heavy (non-hydrogen) atoms. The fraction of sp³-hybridized carbons (Fsp3) is 0.423. The minimum absolute atomic E-state index is 0.0973. The number of pyridine rings is 1. The number of aromatic nitrogens is 3. The molecule has 1 amide bonds. The van der Waals surface area contributed by atoms with Gasteiger partial charge >= 0.3 is 0 Å². The minimum Gasteiger partial charge on any atom is -0.476 e. The summed E-state index contributed by atoms with van der Waals surface area (Å²) in [7, 11) is 1.87. The standard InChI is InChI=1S/C22H23FN4O2.C4H8O2/c1-12-6-7-16(10-24-12)17-8-19(23)21-20(9-17)27(22(28)15(4)29-21)11-18-13(2)25-26(5)14(18)3;1-2-6-4-3-5-1/h6-10,15H,11H2,1-5H3;1-4H2/t15-;/m1./s1. The van der Waals surface area contributed by atoms with Crippen molar-refractivity contribution in [1.29, 1.82) is 0 Å². The number of nitrogens with zero attached hydrogens (tertiary/aromatic N) is 4. The van der Waals surface area contributed by atoms with Crippen LogP contribution in [-0.2, 0) is 27.9 Å². The third-order valence-corrected chi connectivity index (χ3v) is 6.19. The van der Waals surface area contributed by atoms with Crippen LogP contribution in [0.3, 0.4) is 0 Å². The van der Waals surface area contributed by atoms with Crippen LogP contribution in [0, 0.1) is 26.6 Å². The van der Waals surface area contributed by atoms with Gasteiger partial charge in [-0.1, -0.05) is 6.07 Å². The molecule has 0 radical (unpaired) electrons. The largest absolute Gasteiger partial charge is 0.476 e. The van der Waals surface area contributed by atoms with Crippen LogP contribution in [-0.4, -0.2) is 53.2 Å². The maximum Gasteiger partial charge on any atom is 0.268 e. The Balaban J connectivity index is 0.000000421. The molecule has 0 saturated carbocycles. The van der Waals surface area contributed by atoms with Gasteiger partial charge in [-0.3, -0.25) is 14.5 Å². The number of hydrogen-bond donors (Lipinski definition) is 0. The normalized spacial score (nSPS) is 17.4. The third kappa shape index (κ3) is 5.36. The topological polar surface area (TPSA) is 78.7 Å². The molecule has 0 unspecified atom stereocenters. The van der Waals surface area contributed by atoms with E-state index in [-0.39, 0.29) is 11.7 Å². The van der Waals surface area contributed by atoms with Crippen LogP contribution in [0.1, 0.15) is 29.6 Å². The highest BCUT2D eigenvalue weighted by molar-refractivity contribution is 6.00. The molecule has 1 aromatic carbocycles. The molecule has 2 aliphatic rings. The van der Waals surface area contributed by atoms with Crippen LogP contribution >= 0.6 is 0 Å². The van der Waals surface area contributed by atoms with Gasteiger partial charge in [-0.25, -0.2) is 4.39 Å². The maximum atomic E-state index is 15.0. The molecule has 0 aliphatic carbocycles. The number of ether oxygens (including phenoxy) is 3. The Kier molecular flexibility index (Phi) is 7.47. The zero-order valence-electron chi connectivity index (χ0n) is 20.8. The number of amides is 1. The van der Waals surface area contributed by atoms with Gasteiger partial charge in [0.1, 0.15) is 0 Å². The van der Waals surface area contributed by atoms with Crippen molar-refractivity contribution in [1.82, 2.24) is 14.8 Å². The van der Waals surface area contributed by atoms with Crippen molar-refractivity contribution in [3.8, 4) is 16.9 Å². The number of carbonyl (C=O) groups is 1. The van der Waals surface area contributed by atoms with E-state index in [2.05, 4.69) is 10.1 Å². The van der Waals surface area contributed by atoms with E-state index in [4.69, 9.17) is 14.2 Å². The van der Waals surface area contributed by atoms with E-state index in [0.717, 1.165) is 54.6 Å². The van der Waals surface area contributed by atoms with Gasteiger partial charge in [-0.2, -0.15) is 5.10 Å². The highest BCUT2D eigenvalue weighted by Crippen LogP contribution is 2.41. The molecule has 0 bridgehead atoms. The molecule has 0 spiro atoms. The molecule has 1 fully saturated rings. The van der Waals surface area contributed by atoms with Crippen molar-refractivity contribution in [2.75, 3.05) is 31.3 Å². The van der Waals surface area contributed by atoms with Crippen molar-refractivity contribution in [2.45, 2.75) is 40.3 Å². The van der Waals surface area contributed by atoms with Gasteiger partial charge in [0.05, 0.1) is 44.4 Å². The smallest absolute Gasteiger partial charge is 0.268 e. The van der Waals surface area contributed by atoms with Gasteiger partial charge in [-0.05, 0) is 51.5 Å². The molecule has 2 aromatic heterocycles. The fourth-order valence-electron chi connectivity index (χ4n) is 4.07. The molecule has 3 aromatic rings. The van der Waals surface area contributed by atoms with Crippen LogP contribution in [0.5, 0.6) is 5.75 Å². The Labute approximate surface area is 204 Å². The zero-order chi connectivity index (χ0) is 25.1. The highest BCUT2D eigenvalue weighted by atomic mass is 19.1. The Hall–Kier alpha value is -3.30. The number of carbonyl (C=O) groups excluding carboxylic acids is 1. The van der Waals surface area contributed by atoms with Crippen molar-refractivity contribution < 1.29 is 23.4 Å². The average Bonchev–Trinajstić information content (AvgIpc) is 3.10. The van der Waals surface area contributed by atoms with Crippen LogP contribution in [0.4, 0.5) is 10.1 Å². The highest BCUT2D eigenvalue weighted by Gasteiger charge is 2.35. The van der Waals surface area contributed by atoms with Gasteiger partial charge in [0.15, 0.2) is 17.7 Å². The predicted octanol–water partition coefficient (Wildman–Crippen LogP) is 3.89. The van der Waals surface area contributed by atoms with E-state index < -0.39 is 11.9 Å². The number of halogens is 1. The van der Waals surface area contributed by atoms with Crippen LogP contribution in [0.25, 0.3) is 11.1 Å². The van der Waals surface area contributed by atoms with E-state index in [1.165, 1.54) is 6.07 Å². The summed E-state index contributed by atoms with van der Waals surface area (Å²) >= 11 is 0. The lowest BCUT2D eigenvalue weighted by molar-refractivity contribution is -0.125. The Morgan fingerprint density at radius 2 is 1.74 bits per heavy atom. The summed E-state index contributed by atoms with van der Waals surface area (Å²) in [6, 6.07) is 6.97. The molecule has 5 rings (SSSR count). The molecular formula is C26H31FN4O4. The number of aryl methyl sites for hydroxylation is 3. The average molecular weight is 483 g/mol. The molecule has 1 saturated heterocycles. The quantitative estimate of drug-likeness (QED) is 0.564.